The number of fused-ring (bicyclic) bond motifs is 1. The number of benzene rings is 2. The Hall–Kier alpha value is -3.52. The molecule has 0 aliphatic carbocycles. The molecule has 158 valence electrons. The molecule has 9 heteroatoms. The van der Waals surface area contributed by atoms with E-state index >= 15 is 0 Å². The number of aromatic nitrogens is 3. The van der Waals surface area contributed by atoms with Gasteiger partial charge < -0.3 is 5.32 Å². The molecule has 1 N–H and O–H groups in total. The molecular formula is C22H17ClF2N4O2. The second-order valence-corrected chi connectivity index (χ2v) is 7.28. The fraction of sp³-hybridized carbons (Fsp3) is 0.136. The zero-order valence-electron chi connectivity index (χ0n) is 16.2. The van der Waals surface area contributed by atoms with E-state index in [0.717, 1.165) is 11.6 Å². The number of carbonyl (C=O) groups is 1. The predicted octanol–water partition coefficient (Wildman–Crippen LogP) is 3.61. The van der Waals surface area contributed by atoms with Crippen molar-refractivity contribution in [3.05, 3.63) is 99.1 Å². The smallest absolute Gasteiger partial charge is 0.330 e. The van der Waals surface area contributed by atoms with Gasteiger partial charge in [-0.15, -0.1) is 0 Å². The van der Waals surface area contributed by atoms with Crippen molar-refractivity contribution in [2.75, 3.05) is 6.54 Å². The normalized spacial score (nSPS) is 11.1. The Bertz CT molecular complexity index is 1320. The van der Waals surface area contributed by atoms with E-state index in [1.165, 1.54) is 28.8 Å². The molecule has 0 fully saturated rings. The van der Waals surface area contributed by atoms with Gasteiger partial charge in [0, 0.05) is 19.3 Å². The number of pyridine rings is 1. The second-order valence-electron chi connectivity index (χ2n) is 6.87. The fourth-order valence-corrected chi connectivity index (χ4v) is 3.52. The summed E-state index contributed by atoms with van der Waals surface area (Å²) < 4.78 is 29.6. The van der Waals surface area contributed by atoms with Crippen LogP contribution in [0.5, 0.6) is 0 Å². The van der Waals surface area contributed by atoms with Gasteiger partial charge in [0.1, 0.15) is 11.6 Å². The summed E-state index contributed by atoms with van der Waals surface area (Å²) in [6.45, 7) is 0.513. The number of nitrogens with one attached hydrogen (secondary N) is 1. The van der Waals surface area contributed by atoms with Gasteiger partial charge in [0.15, 0.2) is 5.65 Å². The van der Waals surface area contributed by atoms with Gasteiger partial charge in [0.2, 0.25) is 0 Å². The minimum absolute atomic E-state index is 0.0193. The van der Waals surface area contributed by atoms with Crippen molar-refractivity contribution >= 4 is 28.7 Å². The van der Waals surface area contributed by atoms with E-state index in [1.54, 1.807) is 35.0 Å². The maximum Gasteiger partial charge on any atom is 0.330 e. The molecule has 0 aliphatic heterocycles. The van der Waals surface area contributed by atoms with Crippen LogP contribution in [0.25, 0.3) is 11.2 Å². The van der Waals surface area contributed by atoms with E-state index in [9.17, 15) is 18.4 Å². The summed E-state index contributed by atoms with van der Waals surface area (Å²) in [5.41, 5.74) is 1.56. The Morgan fingerprint density at radius 3 is 2.55 bits per heavy atom. The molecule has 0 spiro atoms. The van der Waals surface area contributed by atoms with E-state index < -0.39 is 11.7 Å². The number of amides is 1. The SMILES string of the molecule is O=C(NCCn1c(=O)n(Cc2ccc(F)cc2)c2cccnc21)c1cc(F)ccc1Cl. The second kappa shape index (κ2) is 8.69. The van der Waals surface area contributed by atoms with E-state index in [2.05, 4.69) is 10.3 Å². The van der Waals surface area contributed by atoms with Gasteiger partial charge in [-0.25, -0.2) is 18.6 Å². The quantitative estimate of drug-likeness (QED) is 0.496. The zero-order valence-corrected chi connectivity index (χ0v) is 16.9. The summed E-state index contributed by atoms with van der Waals surface area (Å²) in [5, 5.41) is 2.78. The van der Waals surface area contributed by atoms with E-state index in [4.69, 9.17) is 11.6 Å². The highest BCUT2D eigenvalue weighted by molar-refractivity contribution is 6.33. The van der Waals surface area contributed by atoms with E-state index in [0.29, 0.717) is 11.2 Å². The van der Waals surface area contributed by atoms with E-state index in [1.807, 2.05) is 0 Å². The summed E-state index contributed by atoms with van der Waals surface area (Å²) in [5.74, 6) is -1.46. The van der Waals surface area contributed by atoms with Gasteiger partial charge in [-0.1, -0.05) is 23.7 Å². The molecule has 31 heavy (non-hydrogen) atoms. The lowest BCUT2D eigenvalue weighted by atomic mass is 10.2. The van der Waals surface area contributed by atoms with Gasteiger partial charge in [-0.05, 0) is 48.0 Å². The van der Waals surface area contributed by atoms with Gasteiger partial charge >= 0.3 is 5.69 Å². The van der Waals surface area contributed by atoms with Crippen LogP contribution in [0.4, 0.5) is 8.78 Å². The summed E-state index contributed by atoms with van der Waals surface area (Å²) in [4.78, 5) is 29.7. The Labute approximate surface area is 180 Å². The summed E-state index contributed by atoms with van der Waals surface area (Å²) in [6.07, 6.45) is 1.58. The van der Waals surface area contributed by atoms with Crippen LogP contribution in [0, 0.1) is 11.6 Å². The first-order chi connectivity index (χ1) is 14.9. The Morgan fingerprint density at radius 2 is 1.77 bits per heavy atom. The number of nitrogens with zero attached hydrogens (tertiary/aromatic N) is 3. The van der Waals surface area contributed by atoms with Crippen LogP contribution in [0.3, 0.4) is 0 Å². The molecule has 4 aromatic rings. The first kappa shape index (κ1) is 20.7. The topological polar surface area (TPSA) is 68.9 Å². The number of rotatable bonds is 6. The summed E-state index contributed by atoms with van der Waals surface area (Å²) in [6, 6.07) is 12.9. The van der Waals surface area contributed by atoms with Gasteiger partial charge in [0.05, 0.1) is 22.6 Å². The van der Waals surface area contributed by atoms with Crippen molar-refractivity contribution in [1.82, 2.24) is 19.4 Å². The number of halogens is 3. The number of hydrogen-bond acceptors (Lipinski definition) is 3. The van der Waals surface area contributed by atoms with Gasteiger partial charge in [-0.3, -0.25) is 13.9 Å². The molecule has 0 saturated carbocycles. The Morgan fingerprint density at radius 1 is 1.03 bits per heavy atom. The third-order valence-electron chi connectivity index (χ3n) is 4.82. The van der Waals surface area contributed by atoms with Crippen LogP contribution in [-0.2, 0) is 13.1 Å². The van der Waals surface area contributed by atoms with Crippen molar-refractivity contribution < 1.29 is 13.6 Å². The van der Waals surface area contributed by atoms with Gasteiger partial charge in [-0.2, -0.15) is 0 Å². The van der Waals surface area contributed by atoms with Crippen molar-refractivity contribution in [2.45, 2.75) is 13.1 Å². The van der Waals surface area contributed by atoms with Crippen LogP contribution >= 0.6 is 11.6 Å². The highest BCUT2D eigenvalue weighted by Crippen LogP contribution is 2.17. The van der Waals surface area contributed by atoms with Crippen LogP contribution in [-0.4, -0.2) is 26.6 Å². The fourth-order valence-electron chi connectivity index (χ4n) is 3.32. The van der Waals surface area contributed by atoms with Gasteiger partial charge in [0.25, 0.3) is 5.91 Å². The van der Waals surface area contributed by atoms with Crippen LogP contribution in [0.2, 0.25) is 5.02 Å². The molecule has 0 atom stereocenters. The summed E-state index contributed by atoms with van der Waals surface area (Å²) >= 11 is 5.96. The largest absolute Gasteiger partial charge is 0.350 e. The minimum Gasteiger partial charge on any atom is -0.350 e. The van der Waals surface area contributed by atoms with Crippen LogP contribution < -0.4 is 11.0 Å². The third-order valence-corrected chi connectivity index (χ3v) is 5.15. The molecule has 6 nitrogen and oxygen atoms in total. The lowest BCUT2D eigenvalue weighted by molar-refractivity contribution is 0.0952. The van der Waals surface area contributed by atoms with Crippen molar-refractivity contribution in [1.29, 1.82) is 0 Å². The third kappa shape index (κ3) is 4.34. The minimum atomic E-state index is -0.571. The molecule has 0 saturated heterocycles. The number of imidazole rings is 1. The molecule has 2 heterocycles. The average molecular weight is 443 g/mol. The molecule has 1 amide bonds. The molecule has 0 radical (unpaired) electrons. The Kier molecular flexibility index (Phi) is 5.81. The Balaban J connectivity index is 1.56. The highest BCUT2D eigenvalue weighted by Gasteiger charge is 2.16. The summed E-state index contributed by atoms with van der Waals surface area (Å²) in [7, 11) is 0. The van der Waals surface area contributed by atoms with Crippen LogP contribution in [0.1, 0.15) is 15.9 Å². The molecule has 4 rings (SSSR count). The maximum absolute atomic E-state index is 13.4. The van der Waals surface area contributed by atoms with Crippen LogP contribution in [0.15, 0.2) is 65.6 Å². The molecule has 2 aromatic heterocycles. The average Bonchev–Trinajstić information content (AvgIpc) is 3.03. The maximum atomic E-state index is 13.4. The standard InChI is InChI=1S/C22H17ClF2N4O2/c23-18-8-7-16(25)12-17(18)21(30)27-10-11-28-20-19(2-1-9-26-20)29(22(28)31)13-14-3-5-15(24)6-4-14/h1-9,12H,10-11,13H2,(H,27,30). The molecular weight excluding hydrogens is 426 g/mol. The first-order valence-electron chi connectivity index (χ1n) is 9.46. The highest BCUT2D eigenvalue weighted by atomic mass is 35.5. The lowest BCUT2D eigenvalue weighted by Gasteiger charge is -2.07. The van der Waals surface area contributed by atoms with Crippen molar-refractivity contribution in [3.63, 3.8) is 0 Å². The molecule has 0 aliphatic rings. The number of carbonyl (C=O) groups excluding carboxylic acids is 1. The first-order valence-corrected chi connectivity index (χ1v) is 9.83. The predicted molar refractivity (Wildman–Crippen MR) is 113 cm³/mol. The molecule has 0 bridgehead atoms. The van der Waals surface area contributed by atoms with Crippen molar-refractivity contribution in [2.24, 2.45) is 0 Å². The zero-order chi connectivity index (χ0) is 22.0. The lowest BCUT2D eigenvalue weighted by Crippen LogP contribution is -2.32. The monoisotopic (exact) mass is 442 g/mol. The molecule has 2 aromatic carbocycles. The number of hydrogen-bond donors (Lipinski definition) is 1. The molecule has 0 unspecified atom stereocenters. The van der Waals surface area contributed by atoms with E-state index in [-0.39, 0.29) is 41.7 Å². The van der Waals surface area contributed by atoms with Crippen molar-refractivity contribution in [3.8, 4) is 0 Å².